The molecule has 2 aliphatic heterocycles. The van der Waals surface area contributed by atoms with Crippen molar-refractivity contribution < 1.29 is 22.7 Å². The second kappa shape index (κ2) is 10.4. The third kappa shape index (κ3) is 6.54. The zero-order valence-electron chi connectivity index (χ0n) is 21.0. The number of fused-ring (bicyclic) bond motifs is 1. The van der Waals surface area contributed by atoms with Crippen LogP contribution in [0.4, 0.5) is 4.79 Å². The Kier molecular flexibility index (Phi) is 7.73. The summed E-state index contributed by atoms with van der Waals surface area (Å²) in [6.45, 7) is 9.66. The number of benzene rings is 1. The van der Waals surface area contributed by atoms with E-state index in [1.807, 2.05) is 45.9 Å². The Morgan fingerprint density at radius 3 is 2.57 bits per heavy atom. The molecule has 0 unspecified atom stereocenters. The Labute approximate surface area is 212 Å². The minimum absolute atomic E-state index is 0.0193. The fourth-order valence-electron chi connectivity index (χ4n) is 4.33. The van der Waals surface area contributed by atoms with Gasteiger partial charge in [0.15, 0.2) is 0 Å². The Bertz CT molecular complexity index is 1190. The van der Waals surface area contributed by atoms with Crippen LogP contribution in [0.25, 0.3) is 15.8 Å². The zero-order valence-corrected chi connectivity index (χ0v) is 22.6. The van der Waals surface area contributed by atoms with Crippen molar-refractivity contribution in [2.24, 2.45) is 0 Å². The number of sulfonamides is 1. The molecule has 1 aromatic carbocycles. The van der Waals surface area contributed by atoms with Crippen molar-refractivity contribution in [1.29, 1.82) is 0 Å². The number of piperidine rings is 1. The van der Waals surface area contributed by atoms with E-state index in [0.29, 0.717) is 44.2 Å². The molecule has 1 fully saturated rings. The van der Waals surface area contributed by atoms with Crippen LogP contribution < -0.4 is 4.74 Å². The summed E-state index contributed by atoms with van der Waals surface area (Å²) in [6.07, 6.45) is 4.58. The summed E-state index contributed by atoms with van der Waals surface area (Å²) < 4.78 is 38.9. The van der Waals surface area contributed by atoms with Crippen molar-refractivity contribution in [3.8, 4) is 5.19 Å². The number of thiazole rings is 1. The largest absolute Gasteiger partial charge is 0.467 e. The van der Waals surface area contributed by atoms with Gasteiger partial charge in [0.05, 0.1) is 16.0 Å². The van der Waals surface area contributed by atoms with Gasteiger partial charge in [-0.2, -0.15) is 4.31 Å². The second-order valence-electron chi connectivity index (χ2n) is 10.1. The van der Waals surface area contributed by atoms with Crippen molar-refractivity contribution in [3.05, 3.63) is 29.8 Å². The fourth-order valence-corrected chi connectivity index (χ4v) is 6.70. The predicted molar refractivity (Wildman–Crippen MR) is 139 cm³/mol. The van der Waals surface area contributed by atoms with Crippen LogP contribution in [0, 0.1) is 0 Å². The number of carbonyl (C=O) groups excluding carboxylic acids is 1. The molecule has 0 bridgehead atoms. The van der Waals surface area contributed by atoms with Gasteiger partial charge in [0.1, 0.15) is 11.7 Å². The highest BCUT2D eigenvalue weighted by atomic mass is 32.2. The molecule has 0 N–H and O–H groups in total. The highest BCUT2D eigenvalue weighted by molar-refractivity contribution is 7.89. The van der Waals surface area contributed by atoms with Crippen LogP contribution in [0.2, 0.25) is 0 Å². The van der Waals surface area contributed by atoms with Gasteiger partial charge in [0.25, 0.3) is 5.19 Å². The van der Waals surface area contributed by atoms with E-state index in [9.17, 15) is 13.2 Å². The van der Waals surface area contributed by atoms with Crippen molar-refractivity contribution in [1.82, 2.24) is 14.2 Å². The molecular weight excluding hydrogens is 486 g/mol. The number of amides is 1. The number of rotatable bonds is 6. The summed E-state index contributed by atoms with van der Waals surface area (Å²) in [5, 5.41) is 0.641. The minimum Gasteiger partial charge on any atom is -0.467 e. The standard InChI is InChI=1S/C25H35N3O5S2/c1-5-16-35(30,31)28-14-8-18(9-15-28)19-6-7-21-22(17-19)34-23(26-21)32-20-10-12-27(13-11-20)24(29)33-25(2,3)4/h6-8,17,20H,5,9-16H2,1-4H3. The summed E-state index contributed by atoms with van der Waals surface area (Å²) in [5.74, 6) is 0.200. The van der Waals surface area contributed by atoms with E-state index in [2.05, 4.69) is 11.1 Å². The number of ether oxygens (including phenoxy) is 2. The average molecular weight is 522 g/mol. The number of carbonyl (C=O) groups is 1. The van der Waals surface area contributed by atoms with E-state index >= 15 is 0 Å². The van der Waals surface area contributed by atoms with E-state index in [1.165, 1.54) is 16.9 Å². The molecule has 1 amide bonds. The van der Waals surface area contributed by atoms with Crippen LogP contribution in [0.5, 0.6) is 5.19 Å². The molecule has 0 atom stereocenters. The normalized spacial score (nSPS) is 18.5. The molecule has 0 saturated carbocycles. The van der Waals surface area contributed by atoms with Gasteiger partial charge in [-0.15, -0.1) is 0 Å². The maximum absolute atomic E-state index is 12.3. The Morgan fingerprint density at radius 2 is 1.94 bits per heavy atom. The van der Waals surface area contributed by atoms with Gasteiger partial charge in [0, 0.05) is 39.0 Å². The molecule has 2 aliphatic rings. The third-order valence-corrected chi connectivity index (χ3v) is 9.08. The molecule has 1 saturated heterocycles. The van der Waals surface area contributed by atoms with Crippen LogP contribution in [0.15, 0.2) is 24.3 Å². The summed E-state index contributed by atoms with van der Waals surface area (Å²) >= 11 is 1.52. The molecule has 0 spiro atoms. The smallest absolute Gasteiger partial charge is 0.410 e. The first-order chi connectivity index (χ1) is 16.5. The van der Waals surface area contributed by atoms with Crippen LogP contribution in [0.1, 0.15) is 58.9 Å². The Morgan fingerprint density at radius 1 is 1.20 bits per heavy atom. The maximum atomic E-state index is 12.3. The van der Waals surface area contributed by atoms with Gasteiger partial charge in [-0.1, -0.05) is 30.4 Å². The molecule has 0 radical (unpaired) electrons. The van der Waals surface area contributed by atoms with E-state index < -0.39 is 15.6 Å². The molecule has 1 aromatic heterocycles. The van der Waals surface area contributed by atoms with Crippen molar-refractivity contribution in [2.75, 3.05) is 31.9 Å². The molecule has 8 nitrogen and oxygen atoms in total. The maximum Gasteiger partial charge on any atom is 0.410 e. The molecule has 4 rings (SSSR count). The third-order valence-electron chi connectivity index (χ3n) is 6.13. The first-order valence-corrected chi connectivity index (χ1v) is 14.7. The SMILES string of the molecule is CCCS(=O)(=O)N1CC=C(c2ccc3nc(OC4CCN(C(=O)OC(C)(C)C)CC4)sc3c2)CC1. The lowest BCUT2D eigenvalue weighted by atomic mass is 10.0. The van der Waals surface area contributed by atoms with Crippen molar-refractivity contribution >= 4 is 43.2 Å². The molecule has 10 heteroatoms. The van der Waals surface area contributed by atoms with Gasteiger partial charge in [-0.3, -0.25) is 0 Å². The van der Waals surface area contributed by atoms with E-state index in [4.69, 9.17) is 9.47 Å². The first-order valence-electron chi connectivity index (χ1n) is 12.3. The summed E-state index contributed by atoms with van der Waals surface area (Å²) in [7, 11) is -3.17. The van der Waals surface area contributed by atoms with Crippen LogP contribution in [-0.2, 0) is 14.8 Å². The first kappa shape index (κ1) is 25.9. The number of nitrogens with zero attached hydrogens (tertiary/aromatic N) is 3. The van der Waals surface area contributed by atoms with Gasteiger partial charge < -0.3 is 14.4 Å². The van der Waals surface area contributed by atoms with Crippen LogP contribution in [0.3, 0.4) is 0 Å². The lowest BCUT2D eigenvalue weighted by Crippen LogP contribution is -2.44. The van der Waals surface area contributed by atoms with Gasteiger partial charge in [0.2, 0.25) is 10.0 Å². The highest BCUT2D eigenvalue weighted by Crippen LogP contribution is 2.33. The second-order valence-corrected chi connectivity index (χ2v) is 13.2. The van der Waals surface area contributed by atoms with Gasteiger partial charge in [-0.25, -0.2) is 18.2 Å². The monoisotopic (exact) mass is 521 g/mol. The molecule has 3 heterocycles. The number of aromatic nitrogens is 1. The molecule has 2 aromatic rings. The number of hydrogen-bond acceptors (Lipinski definition) is 7. The van der Waals surface area contributed by atoms with Crippen molar-refractivity contribution in [2.45, 2.75) is 65.1 Å². The Balaban J connectivity index is 1.36. The lowest BCUT2D eigenvalue weighted by Gasteiger charge is -2.33. The lowest BCUT2D eigenvalue weighted by molar-refractivity contribution is 0.0126. The van der Waals surface area contributed by atoms with Gasteiger partial charge >= 0.3 is 6.09 Å². The molecule has 0 aliphatic carbocycles. The molecule has 35 heavy (non-hydrogen) atoms. The minimum atomic E-state index is -3.17. The summed E-state index contributed by atoms with van der Waals surface area (Å²) in [4.78, 5) is 18.7. The van der Waals surface area contributed by atoms with Gasteiger partial charge in [-0.05, 0) is 56.9 Å². The van der Waals surface area contributed by atoms with E-state index in [0.717, 1.165) is 28.6 Å². The van der Waals surface area contributed by atoms with E-state index in [1.54, 1.807) is 9.21 Å². The van der Waals surface area contributed by atoms with E-state index in [-0.39, 0.29) is 18.0 Å². The predicted octanol–water partition coefficient (Wildman–Crippen LogP) is 4.90. The van der Waals surface area contributed by atoms with Crippen LogP contribution in [-0.4, -0.2) is 72.3 Å². The zero-order chi connectivity index (χ0) is 25.2. The van der Waals surface area contributed by atoms with Crippen molar-refractivity contribution in [3.63, 3.8) is 0 Å². The quantitative estimate of drug-likeness (QED) is 0.537. The fraction of sp³-hybridized carbons (Fsp3) is 0.600. The summed E-state index contributed by atoms with van der Waals surface area (Å²) in [6, 6.07) is 6.17. The number of hydrogen-bond donors (Lipinski definition) is 0. The molecular formula is C25H35N3O5S2. The summed E-state index contributed by atoms with van der Waals surface area (Å²) in [5.41, 5.74) is 2.67. The van der Waals surface area contributed by atoms with Crippen LogP contribution >= 0.6 is 11.3 Å². The highest BCUT2D eigenvalue weighted by Gasteiger charge is 2.28. The molecule has 192 valence electrons. The Hall–Kier alpha value is -2.17. The topological polar surface area (TPSA) is 89.0 Å². The average Bonchev–Trinajstić information content (AvgIpc) is 3.20. The number of likely N-dealkylation sites (tertiary alicyclic amines) is 1.